The molecule has 5 nitrogen and oxygen atoms in total. The number of anilines is 2. The van der Waals surface area contributed by atoms with Gasteiger partial charge >= 0.3 is 5.97 Å². The molecule has 0 radical (unpaired) electrons. The molecule has 0 aromatic heterocycles. The van der Waals surface area contributed by atoms with Crippen molar-refractivity contribution >= 4 is 17.3 Å². The van der Waals surface area contributed by atoms with Crippen LogP contribution < -0.4 is 10.2 Å². The standard InChI is InChI=1S/C26H27N3O2/c1-5-26(25(30)31,28-23-11-9-19(17-27)10-12-23)22-14-18(2)13-21(15-22)20-7-6-8-24(16-20)29(3)4/h6-16,28H,5H2,1-4H3,(H,30,31). The van der Waals surface area contributed by atoms with Gasteiger partial charge in [-0.25, -0.2) is 4.79 Å². The molecule has 0 saturated carbocycles. The van der Waals surface area contributed by atoms with Crippen molar-refractivity contribution in [2.45, 2.75) is 25.8 Å². The van der Waals surface area contributed by atoms with Crippen molar-refractivity contribution < 1.29 is 9.90 Å². The minimum Gasteiger partial charge on any atom is -0.479 e. The SMILES string of the molecule is CCC(Nc1ccc(C#N)cc1)(C(=O)O)c1cc(C)cc(-c2cccc(N(C)C)c2)c1. The minimum absolute atomic E-state index is 0.350. The van der Waals surface area contributed by atoms with E-state index >= 15 is 0 Å². The molecule has 0 aliphatic rings. The van der Waals surface area contributed by atoms with E-state index in [9.17, 15) is 9.90 Å². The quantitative estimate of drug-likeness (QED) is 0.542. The van der Waals surface area contributed by atoms with Crippen molar-refractivity contribution in [3.63, 3.8) is 0 Å². The average molecular weight is 414 g/mol. The van der Waals surface area contributed by atoms with E-state index in [1.165, 1.54) is 0 Å². The molecule has 3 aromatic carbocycles. The second kappa shape index (κ2) is 8.93. The second-order valence-electron chi connectivity index (χ2n) is 7.91. The molecule has 0 fully saturated rings. The summed E-state index contributed by atoms with van der Waals surface area (Å²) in [6, 6.07) is 23.1. The first-order valence-corrected chi connectivity index (χ1v) is 10.2. The van der Waals surface area contributed by atoms with Crippen LogP contribution in [0.25, 0.3) is 11.1 Å². The highest BCUT2D eigenvalue weighted by atomic mass is 16.4. The van der Waals surface area contributed by atoms with Crippen LogP contribution in [0.5, 0.6) is 0 Å². The summed E-state index contributed by atoms with van der Waals surface area (Å²) in [5.74, 6) is -0.946. The maximum absolute atomic E-state index is 12.6. The zero-order chi connectivity index (χ0) is 22.6. The maximum atomic E-state index is 12.6. The van der Waals surface area contributed by atoms with Gasteiger partial charge < -0.3 is 15.3 Å². The number of carboxylic acids is 1. The third kappa shape index (κ3) is 4.54. The van der Waals surface area contributed by atoms with Gasteiger partial charge in [-0.3, -0.25) is 0 Å². The predicted octanol–water partition coefficient (Wildman–Crippen LogP) is 5.40. The number of carboxylic acid groups (broad SMARTS) is 1. The summed E-state index contributed by atoms with van der Waals surface area (Å²) in [4.78, 5) is 14.6. The first kappa shape index (κ1) is 21.9. The van der Waals surface area contributed by atoms with E-state index in [0.29, 0.717) is 23.2 Å². The smallest absolute Gasteiger partial charge is 0.334 e. The summed E-state index contributed by atoms with van der Waals surface area (Å²) in [6.07, 6.45) is 0.350. The highest BCUT2D eigenvalue weighted by Crippen LogP contribution is 2.35. The Balaban J connectivity index is 2.10. The number of nitrogens with one attached hydrogen (secondary N) is 1. The lowest BCUT2D eigenvalue weighted by Crippen LogP contribution is -2.43. The zero-order valence-electron chi connectivity index (χ0n) is 18.3. The van der Waals surface area contributed by atoms with Gasteiger partial charge in [0.2, 0.25) is 0 Å². The number of benzene rings is 3. The van der Waals surface area contributed by atoms with Gasteiger partial charge in [-0.1, -0.05) is 36.8 Å². The molecule has 0 aliphatic heterocycles. The van der Waals surface area contributed by atoms with Crippen molar-refractivity contribution in [2.75, 3.05) is 24.3 Å². The lowest BCUT2D eigenvalue weighted by Gasteiger charge is -2.32. The number of nitriles is 1. The first-order chi connectivity index (χ1) is 14.8. The fraction of sp³-hybridized carbons (Fsp3) is 0.231. The van der Waals surface area contributed by atoms with Gasteiger partial charge in [-0.15, -0.1) is 0 Å². The van der Waals surface area contributed by atoms with Crippen LogP contribution in [0.3, 0.4) is 0 Å². The van der Waals surface area contributed by atoms with Gasteiger partial charge in [0.1, 0.15) is 0 Å². The molecule has 0 spiro atoms. The molecule has 2 N–H and O–H groups in total. The van der Waals surface area contributed by atoms with Gasteiger partial charge in [0.15, 0.2) is 5.54 Å². The highest BCUT2D eigenvalue weighted by Gasteiger charge is 2.39. The van der Waals surface area contributed by atoms with Crippen molar-refractivity contribution in [1.82, 2.24) is 0 Å². The van der Waals surface area contributed by atoms with E-state index in [4.69, 9.17) is 5.26 Å². The van der Waals surface area contributed by atoms with Crippen LogP contribution >= 0.6 is 0 Å². The van der Waals surface area contributed by atoms with Gasteiger partial charge in [-0.05, 0) is 72.5 Å². The molecule has 5 heteroatoms. The zero-order valence-corrected chi connectivity index (χ0v) is 18.3. The number of carbonyl (C=O) groups is 1. The van der Waals surface area contributed by atoms with E-state index in [2.05, 4.69) is 23.5 Å². The van der Waals surface area contributed by atoms with E-state index in [0.717, 1.165) is 22.4 Å². The summed E-state index contributed by atoms with van der Waals surface area (Å²) in [7, 11) is 3.99. The molecule has 3 aromatic rings. The summed E-state index contributed by atoms with van der Waals surface area (Å²) < 4.78 is 0. The van der Waals surface area contributed by atoms with Gasteiger partial charge in [-0.2, -0.15) is 5.26 Å². The molecule has 0 aliphatic carbocycles. The van der Waals surface area contributed by atoms with Crippen LogP contribution in [0, 0.1) is 18.3 Å². The normalized spacial score (nSPS) is 12.5. The third-order valence-corrected chi connectivity index (χ3v) is 5.53. The lowest BCUT2D eigenvalue weighted by molar-refractivity contribution is -0.142. The fourth-order valence-corrected chi connectivity index (χ4v) is 3.73. The molecule has 31 heavy (non-hydrogen) atoms. The fourth-order valence-electron chi connectivity index (χ4n) is 3.73. The predicted molar refractivity (Wildman–Crippen MR) is 125 cm³/mol. The van der Waals surface area contributed by atoms with Crippen LogP contribution in [0.1, 0.15) is 30.0 Å². The van der Waals surface area contributed by atoms with Gasteiger partial charge in [0.05, 0.1) is 11.6 Å². The van der Waals surface area contributed by atoms with Crippen LogP contribution in [0.4, 0.5) is 11.4 Å². The number of aryl methyl sites for hydroxylation is 1. The Morgan fingerprint density at radius 3 is 2.35 bits per heavy atom. The van der Waals surface area contributed by atoms with Crippen molar-refractivity contribution in [1.29, 1.82) is 5.26 Å². The Morgan fingerprint density at radius 1 is 1.06 bits per heavy atom. The maximum Gasteiger partial charge on any atom is 0.334 e. The number of hydrogen-bond donors (Lipinski definition) is 2. The molecule has 1 atom stereocenters. The number of rotatable bonds is 7. The third-order valence-electron chi connectivity index (χ3n) is 5.53. The van der Waals surface area contributed by atoms with E-state index in [1.807, 2.05) is 63.2 Å². The summed E-state index contributed by atoms with van der Waals surface area (Å²) in [5, 5.41) is 22.5. The monoisotopic (exact) mass is 413 g/mol. The lowest BCUT2D eigenvalue weighted by atomic mass is 9.84. The molecule has 1 unspecified atom stereocenters. The molecular formula is C26H27N3O2. The summed E-state index contributed by atoms with van der Waals surface area (Å²) in [6.45, 7) is 3.84. The van der Waals surface area contributed by atoms with Crippen molar-refractivity contribution in [3.8, 4) is 17.2 Å². The van der Waals surface area contributed by atoms with E-state index in [1.54, 1.807) is 24.3 Å². The molecular weight excluding hydrogens is 386 g/mol. The molecule has 3 rings (SSSR count). The summed E-state index contributed by atoms with van der Waals surface area (Å²) in [5.41, 5.74) is 4.65. The Morgan fingerprint density at radius 2 is 1.77 bits per heavy atom. The molecule has 0 saturated heterocycles. The Labute approximate surface area is 183 Å². The highest BCUT2D eigenvalue weighted by molar-refractivity contribution is 5.86. The Hall–Kier alpha value is -3.78. The number of aliphatic carboxylic acids is 1. The minimum atomic E-state index is -1.30. The van der Waals surface area contributed by atoms with Crippen LogP contribution in [0.2, 0.25) is 0 Å². The first-order valence-electron chi connectivity index (χ1n) is 10.2. The number of nitrogens with zero attached hydrogens (tertiary/aromatic N) is 2. The Bertz CT molecular complexity index is 1130. The van der Waals surface area contributed by atoms with Crippen molar-refractivity contribution in [3.05, 3.63) is 83.4 Å². The van der Waals surface area contributed by atoms with Crippen molar-refractivity contribution in [2.24, 2.45) is 0 Å². The van der Waals surface area contributed by atoms with Crippen LogP contribution in [0.15, 0.2) is 66.7 Å². The molecule has 158 valence electrons. The molecule has 0 amide bonds. The topological polar surface area (TPSA) is 76.4 Å². The van der Waals surface area contributed by atoms with Crippen LogP contribution in [-0.2, 0) is 10.3 Å². The second-order valence-corrected chi connectivity index (χ2v) is 7.91. The number of hydrogen-bond acceptors (Lipinski definition) is 4. The van der Waals surface area contributed by atoms with Crippen LogP contribution in [-0.4, -0.2) is 25.2 Å². The van der Waals surface area contributed by atoms with Gasteiger partial charge in [0, 0.05) is 25.5 Å². The largest absolute Gasteiger partial charge is 0.479 e. The molecule has 0 bridgehead atoms. The van der Waals surface area contributed by atoms with E-state index in [-0.39, 0.29) is 0 Å². The van der Waals surface area contributed by atoms with E-state index < -0.39 is 11.5 Å². The Kier molecular flexibility index (Phi) is 6.31. The van der Waals surface area contributed by atoms with Gasteiger partial charge in [0.25, 0.3) is 0 Å². The average Bonchev–Trinajstić information content (AvgIpc) is 2.77. The molecule has 0 heterocycles. The summed E-state index contributed by atoms with van der Waals surface area (Å²) >= 11 is 0.